The van der Waals surface area contributed by atoms with Crippen LogP contribution in [-0.4, -0.2) is 51.2 Å². The van der Waals surface area contributed by atoms with Gasteiger partial charge in [0, 0.05) is 0 Å². The number of aromatic amines is 1. The summed E-state index contributed by atoms with van der Waals surface area (Å²) < 4.78 is 0. The number of carbonyl (C=O) groups is 2. The molecule has 1 amide bonds. The lowest BCUT2D eigenvalue weighted by Crippen LogP contribution is -2.49. The molecule has 1 aromatic heterocycles. The highest BCUT2D eigenvalue weighted by molar-refractivity contribution is 5.93. The molecule has 0 bridgehead atoms. The second-order valence-electron chi connectivity index (χ2n) is 5.81. The molecule has 0 spiro atoms. The standard InChI is InChI=1S/C14H22N4O3/c1-8-4-5-18(11(6-8)14(20)21)7-12(19)15-13-9(2)16-17-10(13)3/h8,11H,4-7H2,1-3H3,(H,15,19)(H,16,17)(H,20,21). The molecule has 1 saturated heterocycles. The number of aliphatic carboxylic acids is 1. The average molecular weight is 294 g/mol. The molecule has 2 unspecified atom stereocenters. The second kappa shape index (κ2) is 6.26. The molecular formula is C14H22N4O3. The number of hydrogen-bond acceptors (Lipinski definition) is 4. The number of carbonyl (C=O) groups excluding carboxylic acids is 1. The van der Waals surface area contributed by atoms with Gasteiger partial charge in [0.15, 0.2) is 0 Å². The summed E-state index contributed by atoms with van der Waals surface area (Å²) in [7, 11) is 0. The molecule has 7 nitrogen and oxygen atoms in total. The first-order valence-corrected chi connectivity index (χ1v) is 7.16. The lowest BCUT2D eigenvalue weighted by molar-refractivity contribution is -0.145. The number of likely N-dealkylation sites (tertiary alicyclic amines) is 1. The van der Waals surface area contributed by atoms with Crippen molar-refractivity contribution in [3.8, 4) is 0 Å². The van der Waals surface area contributed by atoms with E-state index in [4.69, 9.17) is 0 Å². The molecule has 1 aromatic rings. The Balaban J connectivity index is 2.00. The fourth-order valence-corrected chi connectivity index (χ4v) is 2.73. The first-order chi connectivity index (χ1) is 9.88. The number of aromatic nitrogens is 2. The van der Waals surface area contributed by atoms with Crippen LogP contribution in [0.1, 0.15) is 31.2 Å². The van der Waals surface area contributed by atoms with Gasteiger partial charge in [0.2, 0.25) is 5.91 Å². The summed E-state index contributed by atoms with van der Waals surface area (Å²) in [5.41, 5.74) is 2.20. The highest BCUT2D eigenvalue weighted by Gasteiger charge is 2.32. The molecule has 21 heavy (non-hydrogen) atoms. The molecule has 2 heterocycles. The van der Waals surface area contributed by atoms with Gasteiger partial charge < -0.3 is 10.4 Å². The Labute approximate surface area is 123 Å². The Hall–Kier alpha value is -1.89. The summed E-state index contributed by atoms with van der Waals surface area (Å²) in [6.45, 7) is 6.41. The van der Waals surface area contributed by atoms with Crippen molar-refractivity contribution in [1.82, 2.24) is 15.1 Å². The number of H-pyrrole nitrogens is 1. The number of carboxylic acids is 1. The summed E-state index contributed by atoms with van der Waals surface area (Å²) in [4.78, 5) is 25.2. The van der Waals surface area contributed by atoms with Gasteiger partial charge in [-0.2, -0.15) is 5.10 Å². The molecule has 1 fully saturated rings. The van der Waals surface area contributed by atoms with Gasteiger partial charge >= 0.3 is 5.97 Å². The Morgan fingerprint density at radius 1 is 1.48 bits per heavy atom. The number of anilines is 1. The fourth-order valence-electron chi connectivity index (χ4n) is 2.73. The van der Waals surface area contributed by atoms with Gasteiger partial charge in [-0.05, 0) is 39.2 Å². The smallest absolute Gasteiger partial charge is 0.320 e. The Bertz CT molecular complexity index is 521. The maximum atomic E-state index is 12.1. The highest BCUT2D eigenvalue weighted by atomic mass is 16.4. The largest absolute Gasteiger partial charge is 0.480 e. The minimum Gasteiger partial charge on any atom is -0.480 e. The summed E-state index contributed by atoms with van der Waals surface area (Å²) >= 11 is 0. The normalized spacial score (nSPS) is 23.0. The number of hydrogen-bond donors (Lipinski definition) is 3. The van der Waals surface area contributed by atoms with Crippen molar-refractivity contribution in [2.45, 2.75) is 39.7 Å². The summed E-state index contributed by atoms with van der Waals surface area (Å²) in [6.07, 6.45) is 1.51. The van der Waals surface area contributed by atoms with E-state index in [0.717, 1.165) is 17.8 Å². The highest BCUT2D eigenvalue weighted by Crippen LogP contribution is 2.23. The van der Waals surface area contributed by atoms with Crippen LogP contribution in [-0.2, 0) is 9.59 Å². The third-order valence-electron chi connectivity index (χ3n) is 4.00. The van der Waals surface area contributed by atoms with Crippen LogP contribution in [0.3, 0.4) is 0 Å². The van der Waals surface area contributed by atoms with E-state index in [9.17, 15) is 14.7 Å². The van der Waals surface area contributed by atoms with Crippen LogP contribution in [0.4, 0.5) is 5.69 Å². The SMILES string of the molecule is Cc1n[nH]c(C)c1NC(=O)CN1CCC(C)CC1C(=O)O. The maximum Gasteiger partial charge on any atom is 0.320 e. The van der Waals surface area contributed by atoms with Crippen LogP contribution in [0.25, 0.3) is 0 Å². The van der Waals surface area contributed by atoms with Crippen molar-refractivity contribution in [2.24, 2.45) is 5.92 Å². The van der Waals surface area contributed by atoms with Crippen molar-refractivity contribution >= 4 is 17.6 Å². The number of nitrogens with zero attached hydrogens (tertiary/aromatic N) is 2. The van der Waals surface area contributed by atoms with Gasteiger partial charge in [-0.1, -0.05) is 6.92 Å². The Morgan fingerprint density at radius 3 is 2.76 bits per heavy atom. The quantitative estimate of drug-likeness (QED) is 0.774. The van der Waals surface area contributed by atoms with Crippen LogP contribution in [0.15, 0.2) is 0 Å². The molecule has 7 heteroatoms. The van der Waals surface area contributed by atoms with Gasteiger partial charge in [0.05, 0.1) is 23.6 Å². The minimum absolute atomic E-state index is 0.0910. The van der Waals surface area contributed by atoms with E-state index in [2.05, 4.69) is 15.5 Å². The van der Waals surface area contributed by atoms with Gasteiger partial charge in [-0.25, -0.2) is 0 Å². The molecule has 0 aliphatic carbocycles. The lowest BCUT2D eigenvalue weighted by Gasteiger charge is -2.35. The van der Waals surface area contributed by atoms with E-state index in [-0.39, 0.29) is 12.5 Å². The Morgan fingerprint density at radius 2 is 2.19 bits per heavy atom. The zero-order valence-corrected chi connectivity index (χ0v) is 12.6. The summed E-state index contributed by atoms with van der Waals surface area (Å²) in [5.74, 6) is -0.683. The van der Waals surface area contributed by atoms with E-state index >= 15 is 0 Å². The van der Waals surface area contributed by atoms with Crippen LogP contribution in [0.5, 0.6) is 0 Å². The van der Waals surface area contributed by atoms with Gasteiger partial charge in [0.1, 0.15) is 6.04 Å². The number of amides is 1. The van der Waals surface area contributed by atoms with E-state index in [1.807, 2.05) is 20.8 Å². The molecule has 2 atom stereocenters. The number of carboxylic acid groups (broad SMARTS) is 1. The number of aryl methyl sites for hydroxylation is 2. The molecule has 1 aliphatic rings. The maximum absolute atomic E-state index is 12.1. The van der Waals surface area contributed by atoms with Gasteiger partial charge in [-0.3, -0.25) is 19.6 Å². The third-order valence-corrected chi connectivity index (χ3v) is 4.00. The van der Waals surface area contributed by atoms with Crippen LogP contribution >= 0.6 is 0 Å². The van der Waals surface area contributed by atoms with E-state index < -0.39 is 12.0 Å². The van der Waals surface area contributed by atoms with Crippen molar-refractivity contribution in [3.05, 3.63) is 11.4 Å². The molecule has 0 saturated carbocycles. The molecule has 2 rings (SSSR count). The van der Waals surface area contributed by atoms with E-state index in [0.29, 0.717) is 24.6 Å². The number of nitrogens with one attached hydrogen (secondary N) is 2. The first kappa shape index (κ1) is 15.5. The van der Waals surface area contributed by atoms with Crippen molar-refractivity contribution in [2.75, 3.05) is 18.4 Å². The predicted octanol–water partition coefficient (Wildman–Crippen LogP) is 1.15. The zero-order chi connectivity index (χ0) is 15.6. The molecule has 3 N–H and O–H groups in total. The lowest BCUT2D eigenvalue weighted by atomic mass is 9.92. The third kappa shape index (κ3) is 3.60. The molecule has 1 aliphatic heterocycles. The molecule has 116 valence electrons. The van der Waals surface area contributed by atoms with Crippen molar-refractivity contribution in [1.29, 1.82) is 0 Å². The first-order valence-electron chi connectivity index (χ1n) is 7.16. The van der Waals surface area contributed by atoms with Crippen LogP contribution in [0.2, 0.25) is 0 Å². The van der Waals surface area contributed by atoms with Crippen molar-refractivity contribution < 1.29 is 14.7 Å². The minimum atomic E-state index is -0.856. The zero-order valence-electron chi connectivity index (χ0n) is 12.6. The molecular weight excluding hydrogens is 272 g/mol. The summed E-state index contributed by atoms with van der Waals surface area (Å²) in [6, 6.07) is -0.578. The number of piperidine rings is 1. The predicted molar refractivity (Wildman–Crippen MR) is 78.1 cm³/mol. The molecule has 0 radical (unpaired) electrons. The number of rotatable bonds is 4. The van der Waals surface area contributed by atoms with E-state index in [1.54, 1.807) is 4.90 Å². The van der Waals surface area contributed by atoms with E-state index in [1.165, 1.54) is 0 Å². The molecule has 0 aromatic carbocycles. The second-order valence-corrected chi connectivity index (χ2v) is 5.81. The van der Waals surface area contributed by atoms with Crippen molar-refractivity contribution in [3.63, 3.8) is 0 Å². The average Bonchev–Trinajstić information content (AvgIpc) is 2.72. The fraction of sp³-hybridized carbons (Fsp3) is 0.643. The van der Waals surface area contributed by atoms with Gasteiger partial charge in [0.25, 0.3) is 0 Å². The van der Waals surface area contributed by atoms with Crippen LogP contribution in [0, 0.1) is 19.8 Å². The monoisotopic (exact) mass is 294 g/mol. The Kier molecular flexibility index (Phi) is 4.62. The topological polar surface area (TPSA) is 98.3 Å². The van der Waals surface area contributed by atoms with Gasteiger partial charge in [-0.15, -0.1) is 0 Å². The summed E-state index contributed by atoms with van der Waals surface area (Å²) in [5, 5.41) is 18.9. The van der Waals surface area contributed by atoms with Crippen LogP contribution < -0.4 is 5.32 Å².